The number of carboxylic acids is 2. The predicted molar refractivity (Wildman–Crippen MR) is 111 cm³/mol. The average molecular weight is 487 g/mol. The van der Waals surface area contributed by atoms with Crippen LogP contribution in [-0.4, -0.2) is 65.1 Å². The van der Waals surface area contributed by atoms with Crippen LogP contribution in [0.2, 0.25) is 5.02 Å². The molecule has 0 radical (unpaired) electrons. The molecule has 178 valence electrons. The number of carbonyl (C=O) groups is 5. The molecule has 2 rings (SSSR count). The Morgan fingerprint density at radius 2 is 1.88 bits per heavy atom. The topological polar surface area (TPSA) is 168 Å². The highest BCUT2D eigenvalue weighted by atomic mass is 35.5. The third kappa shape index (κ3) is 6.42. The van der Waals surface area contributed by atoms with Crippen molar-refractivity contribution >= 4 is 48.4 Å². The van der Waals surface area contributed by atoms with E-state index in [2.05, 4.69) is 10.6 Å². The molecule has 0 spiro atoms. The van der Waals surface area contributed by atoms with Gasteiger partial charge in [-0.3, -0.25) is 14.4 Å². The number of amides is 2. The van der Waals surface area contributed by atoms with Crippen LogP contribution in [0.5, 0.6) is 0 Å². The maximum absolute atomic E-state index is 13.8. The van der Waals surface area contributed by atoms with E-state index >= 15 is 0 Å². The fourth-order valence-electron chi connectivity index (χ4n) is 3.08. The lowest BCUT2D eigenvalue weighted by Crippen LogP contribution is -2.64. The van der Waals surface area contributed by atoms with Gasteiger partial charge >= 0.3 is 19.1 Å². The van der Waals surface area contributed by atoms with E-state index in [-0.39, 0.29) is 22.9 Å². The Morgan fingerprint density at radius 1 is 1.24 bits per heavy atom. The Balaban J connectivity index is 2.13. The number of hydrogen-bond donors (Lipinski definition) is 4. The van der Waals surface area contributed by atoms with Crippen LogP contribution in [0.3, 0.4) is 0 Å². The molecule has 1 saturated heterocycles. The summed E-state index contributed by atoms with van der Waals surface area (Å²) in [5, 5.41) is 23.4. The van der Waals surface area contributed by atoms with E-state index in [9.17, 15) is 38.6 Å². The van der Waals surface area contributed by atoms with Crippen molar-refractivity contribution in [1.82, 2.24) is 10.6 Å². The molecular formula is C19H21BClFN2O9. The summed E-state index contributed by atoms with van der Waals surface area (Å²) in [5.41, 5.74) is -3.26. The zero-order chi connectivity index (χ0) is 24.9. The van der Waals surface area contributed by atoms with E-state index in [1.165, 1.54) is 6.07 Å². The monoisotopic (exact) mass is 486 g/mol. The van der Waals surface area contributed by atoms with Crippen LogP contribution in [0.15, 0.2) is 18.2 Å². The summed E-state index contributed by atoms with van der Waals surface area (Å²) >= 11 is 5.74. The molecule has 0 unspecified atom stereocenters. The third-order valence-corrected chi connectivity index (χ3v) is 4.87. The summed E-state index contributed by atoms with van der Waals surface area (Å²) in [6, 6.07) is 3.32. The minimum absolute atomic E-state index is 0.107. The standard InChI is InChI=1S/C19H21BClFN2O9/c1-9(2)5-13(20-32-15(26)7-19(33-20,17(28)29)18(30)31)24-14(25)8-23-16(27)11-6-10(21)3-4-12(11)22/h3-4,6,9,13H,5,7-8H2,1-2H3,(H,23,27)(H,24,25)(H,28,29)(H,30,31)/t13-/m0/s1. The fourth-order valence-corrected chi connectivity index (χ4v) is 3.25. The Bertz CT molecular complexity index is 961. The number of nitrogens with one attached hydrogen (secondary N) is 2. The van der Waals surface area contributed by atoms with Crippen LogP contribution in [-0.2, 0) is 28.5 Å². The van der Waals surface area contributed by atoms with E-state index in [0.717, 1.165) is 12.1 Å². The van der Waals surface area contributed by atoms with Gasteiger partial charge in [-0.2, -0.15) is 0 Å². The first-order valence-corrected chi connectivity index (χ1v) is 10.1. The molecule has 1 atom stereocenters. The highest BCUT2D eigenvalue weighted by Crippen LogP contribution is 2.27. The SMILES string of the molecule is CC(C)C[C@H](NC(=O)CNC(=O)c1cc(Cl)ccc1F)B1OC(=O)CC(C(=O)O)(C(=O)O)O1. The second kappa shape index (κ2) is 10.6. The predicted octanol–water partition coefficient (Wildman–Crippen LogP) is 0.639. The van der Waals surface area contributed by atoms with Crippen molar-refractivity contribution in [3.63, 3.8) is 0 Å². The van der Waals surface area contributed by atoms with E-state index < -0.39 is 67.2 Å². The Morgan fingerprint density at radius 3 is 2.45 bits per heavy atom. The van der Waals surface area contributed by atoms with Crippen LogP contribution in [0.1, 0.15) is 37.0 Å². The van der Waals surface area contributed by atoms with Crippen molar-refractivity contribution in [2.24, 2.45) is 5.92 Å². The summed E-state index contributed by atoms with van der Waals surface area (Å²) in [6.07, 6.45) is -0.951. The van der Waals surface area contributed by atoms with Gasteiger partial charge in [0.05, 0.1) is 24.5 Å². The number of aliphatic carboxylic acids is 2. The molecule has 33 heavy (non-hydrogen) atoms. The van der Waals surface area contributed by atoms with Gasteiger partial charge in [0.25, 0.3) is 17.5 Å². The van der Waals surface area contributed by atoms with Gasteiger partial charge in [-0.05, 0) is 30.5 Å². The number of rotatable bonds is 9. The fraction of sp³-hybridized carbons (Fsp3) is 0.421. The molecule has 0 saturated carbocycles. The van der Waals surface area contributed by atoms with E-state index in [1.807, 2.05) is 0 Å². The van der Waals surface area contributed by atoms with E-state index in [1.54, 1.807) is 13.8 Å². The third-order valence-electron chi connectivity index (χ3n) is 4.63. The van der Waals surface area contributed by atoms with Gasteiger partial charge < -0.3 is 30.2 Å². The summed E-state index contributed by atoms with van der Waals surface area (Å²) in [6.45, 7) is 2.87. The van der Waals surface area contributed by atoms with Gasteiger partial charge in [0, 0.05) is 5.02 Å². The van der Waals surface area contributed by atoms with Gasteiger partial charge in [0.2, 0.25) is 5.91 Å². The molecule has 0 aromatic heterocycles. The molecule has 11 nitrogen and oxygen atoms in total. The van der Waals surface area contributed by atoms with Gasteiger partial charge in [-0.25, -0.2) is 14.0 Å². The first-order valence-electron chi connectivity index (χ1n) is 9.72. The van der Waals surface area contributed by atoms with E-state index in [4.69, 9.17) is 20.9 Å². The van der Waals surface area contributed by atoms with Crippen LogP contribution in [0.4, 0.5) is 4.39 Å². The number of halogens is 2. The van der Waals surface area contributed by atoms with Crippen molar-refractivity contribution < 1.29 is 47.9 Å². The lowest BCUT2D eigenvalue weighted by molar-refractivity contribution is -0.184. The summed E-state index contributed by atoms with van der Waals surface area (Å²) in [4.78, 5) is 59.6. The number of carboxylic acid groups (broad SMARTS) is 2. The van der Waals surface area contributed by atoms with Gasteiger partial charge in [0.15, 0.2) is 0 Å². The second-order valence-electron chi connectivity index (χ2n) is 7.70. The molecule has 1 fully saturated rings. The molecule has 1 aromatic carbocycles. The van der Waals surface area contributed by atoms with Crippen LogP contribution in [0.25, 0.3) is 0 Å². The molecule has 1 aliphatic heterocycles. The van der Waals surface area contributed by atoms with Crippen LogP contribution < -0.4 is 10.6 Å². The van der Waals surface area contributed by atoms with Crippen molar-refractivity contribution in [3.8, 4) is 0 Å². The van der Waals surface area contributed by atoms with Crippen LogP contribution in [0, 0.1) is 11.7 Å². The van der Waals surface area contributed by atoms with Crippen molar-refractivity contribution in [2.75, 3.05) is 6.54 Å². The number of carbonyl (C=O) groups excluding carboxylic acids is 3. The zero-order valence-electron chi connectivity index (χ0n) is 17.6. The molecule has 4 N–H and O–H groups in total. The lowest BCUT2D eigenvalue weighted by Gasteiger charge is -2.35. The van der Waals surface area contributed by atoms with Crippen molar-refractivity contribution in [2.45, 2.75) is 38.2 Å². The average Bonchev–Trinajstić information content (AvgIpc) is 2.72. The summed E-state index contributed by atoms with van der Waals surface area (Å²) < 4.78 is 23.9. The number of benzene rings is 1. The highest BCUT2D eigenvalue weighted by Gasteiger charge is 2.58. The maximum atomic E-state index is 13.8. The molecule has 1 heterocycles. The van der Waals surface area contributed by atoms with Gasteiger partial charge in [-0.1, -0.05) is 25.4 Å². The summed E-state index contributed by atoms with van der Waals surface area (Å²) in [5.74, 6) is -8.78. The smallest absolute Gasteiger partial charge is 0.508 e. The zero-order valence-corrected chi connectivity index (χ0v) is 18.3. The minimum Gasteiger partial charge on any atom is -0.508 e. The van der Waals surface area contributed by atoms with Crippen molar-refractivity contribution in [1.29, 1.82) is 0 Å². The summed E-state index contributed by atoms with van der Waals surface area (Å²) in [7, 11) is -1.72. The lowest BCUT2D eigenvalue weighted by atomic mass is 9.71. The molecular weight excluding hydrogens is 465 g/mol. The normalized spacial score (nSPS) is 16.0. The number of hydrogen-bond acceptors (Lipinski definition) is 7. The minimum atomic E-state index is -2.88. The molecule has 14 heteroatoms. The molecule has 0 bridgehead atoms. The largest absolute Gasteiger partial charge is 0.552 e. The second-order valence-corrected chi connectivity index (χ2v) is 8.14. The van der Waals surface area contributed by atoms with E-state index in [0.29, 0.717) is 0 Å². The maximum Gasteiger partial charge on any atom is 0.552 e. The molecule has 2 amide bonds. The highest BCUT2D eigenvalue weighted by molar-refractivity contribution is 6.51. The Hall–Kier alpha value is -3.19. The van der Waals surface area contributed by atoms with Gasteiger partial charge in [0.1, 0.15) is 5.82 Å². The molecule has 0 aliphatic carbocycles. The van der Waals surface area contributed by atoms with Gasteiger partial charge in [-0.15, -0.1) is 0 Å². The molecule has 1 aromatic rings. The quantitative estimate of drug-likeness (QED) is 0.289. The Kier molecular flexibility index (Phi) is 8.39. The molecule has 1 aliphatic rings. The Labute approximate surface area is 192 Å². The van der Waals surface area contributed by atoms with Crippen molar-refractivity contribution in [3.05, 3.63) is 34.6 Å². The first kappa shape index (κ1) is 26.1. The first-order chi connectivity index (χ1) is 15.4. The van der Waals surface area contributed by atoms with Crippen LogP contribution >= 0.6 is 11.6 Å².